The summed E-state index contributed by atoms with van der Waals surface area (Å²) in [6.45, 7) is 4.41. The second kappa shape index (κ2) is 5.37. The largest absolute Gasteiger partial charge is 0.334 e. The fourth-order valence-corrected chi connectivity index (χ4v) is 1.51. The van der Waals surface area contributed by atoms with Crippen molar-refractivity contribution in [2.45, 2.75) is 20.3 Å². The molecule has 0 radical (unpaired) electrons. The lowest BCUT2D eigenvalue weighted by molar-refractivity contribution is -0.128. The van der Waals surface area contributed by atoms with Crippen LogP contribution in [0.5, 0.6) is 0 Å². The van der Waals surface area contributed by atoms with E-state index < -0.39 is 0 Å². The molecule has 16 heavy (non-hydrogen) atoms. The van der Waals surface area contributed by atoms with E-state index in [2.05, 4.69) is 18.1 Å². The normalized spacial score (nSPS) is 9.62. The Morgan fingerprint density at radius 2 is 2.12 bits per heavy atom. The number of aryl methyl sites for hydroxylation is 2. The van der Waals surface area contributed by atoms with Gasteiger partial charge in [-0.1, -0.05) is 29.7 Å². The molecule has 0 unspecified atom stereocenters. The summed E-state index contributed by atoms with van der Waals surface area (Å²) in [6, 6.07) is 6.14. The Morgan fingerprint density at radius 1 is 1.44 bits per heavy atom. The van der Waals surface area contributed by atoms with E-state index in [0.29, 0.717) is 13.0 Å². The van der Waals surface area contributed by atoms with Crippen molar-refractivity contribution >= 4 is 5.91 Å². The number of hydrogen-bond acceptors (Lipinski definition) is 1. The van der Waals surface area contributed by atoms with E-state index in [9.17, 15) is 4.79 Å². The van der Waals surface area contributed by atoms with Crippen LogP contribution in [0.15, 0.2) is 18.2 Å². The number of hydrogen-bond donors (Lipinski definition) is 0. The van der Waals surface area contributed by atoms with E-state index in [1.807, 2.05) is 19.9 Å². The zero-order chi connectivity index (χ0) is 12.1. The molecule has 0 aliphatic heterocycles. The van der Waals surface area contributed by atoms with E-state index in [4.69, 9.17) is 6.42 Å². The first kappa shape index (κ1) is 12.3. The Kier molecular flexibility index (Phi) is 4.13. The minimum atomic E-state index is 0.0617. The molecule has 0 spiro atoms. The summed E-state index contributed by atoms with van der Waals surface area (Å²) >= 11 is 0. The van der Waals surface area contributed by atoms with Crippen molar-refractivity contribution in [3.63, 3.8) is 0 Å². The van der Waals surface area contributed by atoms with E-state index in [-0.39, 0.29) is 5.91 Å². The molecule has 2 nitrogen and oxygen atoms in total. The highest BCUT2D eigenvalue weighted by molar-refractivity contribution is 5.79. The Morgan fingerprint density at radius 3 is 2.75 bits per heavy atom. The van der Waals surface area contributed by atoms with Gasteiger partial charge in [0.25, 0.3) is 0 Å². The summed E-state index contributed by atoms with van der Waals surface area (Å²) in [7, 11) is 1.73. The van der Waals surface area contributed by atoms with Crippen molar-refractivity contribution in [2.75, 3.05) is 13.6 Å². The lowest BCUT2D eigenvalue weighted by Crippen LogP contribution is -2.28. The molecule has 0 saturated carbocycles. The third kappa shape index (κ3) is 3.13. The van der Waals surface area contributed by atoms with E-state index in [0.717, 1.165) is 11.1 Å². The van der Waals surface area contributed by atoms with Crippen LogP contribution in [0.1, 0.15) is 16.7 Å². The minimum Gasteiger partial charge on any atom is -0.334 e. The highest BCUT2D eigenvalue weighted by Crippen LogP contribution is 2.12. The first-order valence-electron chi connectivity index (χ1n) is 5.28. The fourth-order valence-electron chi connectivity index (χ4n) is 1.51. The molecule has 1 aromatic rings. The molecule has 0 fully saturated rings. The van der Waals surface area contributed by atoms with Crippen molar-refractivity contribution in [3.8, 4) is 12.3 Å². The molecule has 0 aliphatic rings. The highest BCUT2D eigenvalue weighted by atomic mass is 16.2. The van der Waals surface area contributed by atoms with Crippen molar-refractivity contribution in [1.29, 1.82) is 0 Å². The quantitative estimate of drug-likeness (QED) is 0.706. The molecule has 84 valence electrons. The Balaban J connectivity index is 2.77. The van der Waals surface area contributed by atoms with Gasteiger partial charge in [-0.25, -0.2) is 0 Å². The topological polar surface area (TPSA) is 20.3 Å². The van der Waals surface area contributed by atoms with Crippen molar-refractivity contribution in [2.24, 2.45) is 0 Å². The van der Waals surface area contributed by atoms with Crippen LogP contribution < -0.4 is 0 Å². The van der Waals surface area contributed by atoms with Gasteiger partial charge in [0, 0.05) is 7.05 Å². The van der Waals surface area contributed by atoms with Gasteiger partial charge in [-0.05, 0) is 25.0 Å². The number of terminal acetylenes is 1. The predicted octanol–water partition coefficient (Wildman–Crippen LogP) is 1.94. The second-order valence-corrected chi connectivity index (χ2v) is 4.06. The molecular weight excluding hydrogens is 198 g/mol. The molecule has 1 amide bonds. The van der Waals surface area contributed by atoms with Gasteiger partial charge in [-0.3, -0.25) is 4.79 Å². The summed E-state index contributed by atoms with van der Waals surface area (Å²) in [6.07, 6.45) is 5.59. The maximum atomic E-state index is 11.8. The summed E-state index contributed by atoms with van der Waals surface area (Å²) in [5, 5.41) is 0. The SMILES string of the molecule is C#CCN(C)C(=O)Cc1cc(C)ccc1C. The molecule has 0 aromatic heterocycles. The number of likely N-dealkylation sites (N-methyl/N-ethyl adjacent to an activating group) is 1. The molecule has 2 heteroatoms. The van der Waals surface area contributed by atoms with Gasteiger partial charge in [-0.15, -0.1) is 6.42 Å². The van der Waals surface area contributed by atoms with Gasteiger partial charge in [0.15, 0.2) is 0 Å². The van der Waals surface area contributed by atoms with Crippen LogP contribution in [0.4, 0.5) is 0 Å². The van der Waals surface area contributed by atoms with Crippen LogP contribution in [0.25, 0.3) is 0 Å². The first-order chi connectivity index (χ1) is 7.54. The fraction of sp³-hybridized carbons (Fsp3) is 0.357. The zero-order valence-corrected chi connectivity index (χ0v) is 10.1. The van der Waals surface area contributed by atoms with Crippen molar-refractivity contribution < 1.29 is 4.79 Å². The molecule has 0 saturated heterocycles. The van der Waals surface area contributed by atoms with Crippen LogP contribution in [0.3, 0.4) is 0 Å². The summed E-state index contributed by atoms with van der Waals surface area (Å²) < 4.78 is 0. The zero-order valence-electron chi connectivity index (χ0n) is 10.1. The van der Waals surface area contributed by atoms with Gasteiger partial charge < -0.3 is 4.90 Å². The number of rotatable bonds is 3. The summed E-state index contributed by atoms with van der Waals surface area (Å²) in [5.41, 5.74) is 3.40. The molecule has 0 heterocycles. The number of benzene rings is 1. The van der Waals surface area contributed by atoms with Crippen LogP contribution in [0.2, 0.25) is 0 Å². The maximum Gasteiger partial charge on any atom is 0.227 e. The number of nitrogens with zero attached hydrogens (tertiary/aromatic N) is 1. The van der Waals surface area contributed by atoms with Crippen molar-refractivity contribution in [3.05, 3.63) is 34.9 Å². The first-order valence-corrected chi connectivity index (χ1v) is 5.28. The van der Waals surface area contributed by atoms with Gasteiger partial charge in [0.05, 0.1) is 13.0 Å². The molecule has 0 N–H and O–H groups in total. The number of carbonyl (C=O) groups is 1. The highest BCUT2D eigenvalue weighted by Gasteiger charge is 2.10. The standard InChI is InChI=1S/C14H17NO/c1-5-8-15(4)14(16)10-13-9-11(2)6-7-12(13)3/h1,6-7,9H,8,10H2,2-4H3. The van der Waals surface area contributed by atoms with E-state index >= 15 is 0 Å². The smallest absolute Gasteiger partial charge is 0.227 e. The average Bonchev–Trinajstić information content (AvgIpc) is 2.23. The number of carbonyl (C=O) groups excluding carboxylic acids is 1. The van der Waals surface area contributed by atoms with Gasteiger partial charge in [0.2, 0.25) is 5.91 Å². The molecule has 0 bridgehead atoms. The lowest BCUT2D eigenvalue weighted by Gasteiger charge is -2.15. The maximum absolute atomic E-state index is 11.8. The van der Waals surface area contributed by atoms with Gasteiger partial charge >= 0.3 is 0 Å². The summed E-state index contributed by atoms with van der Waals surface area (Å²) in [5.74, 6) is 2.53. The lowest BCUT2D eigenvalue weighted by atomic mass is 10.0. The van der Waals surface area contributed by atoms with Gasteiger partial charge in [-0.2, -0.15) is 0 Å². The van der Waals surface area contributed by atoms with Crippen LogP contribution in [-0.2, 0) is 11.2 Å². The third-order valence-corrected chi connectivity index (χ3v) is 2.60. The third-order valence-electron chi connectivity index (χ3n) is 2.60. The van der Waals surface area contributed by atoms with Crippen molar-refractivity contribution in [1.82, 2.24) is 4.90 Å². The molecule has 1 aromatic carbocycles. The van der Waals surface area contributed by atoms with Crippen LogP contribution in [-0.4, -0.2) is 24.4 Å². The van der Waals surface area contributed by atoms with Crippen LogP contribution >= 0.6 is 0 Å². The Bertz CT molecular complexity index is 429. The Hall–Kier alpha value is -1.75. The predicted molar refractivity (Wildman–Crippen MR) is 66.1 cm³/mol. The van der Waals surface area contributed by atoms with Crippen LogP contribution in [0, 0.1) is 26.2 Å². The minimum absolute atomic E-state index is 0.0617. The molecule has 0 aliphatic carbocycles. The van der Waals surface area contributed by atoms with Gasteiger partial charge in [0.1, 0.15) is 0 Å². The second-order valence-electron chi connectivity index (χ2n) is 4.06. The molecular formula is C14H17NO. The average molecular weight is 215 g/mol. The van der Waals surface area contributed by atoms with E-state index in [1.165, 1.54) is 5.56 Å². The molecule has 0 atom stereocenters. The monoisotopic (exact) mass is 215 g/mol. The molecule has 1 rings (SSSR count). The summed E-state index contributed by atoms with van der Waals surface area (Å²) in [4.78, 5) is 13.4. The van der Waals surface area contributed by atoms with E-state index in [1.54, 1.807) is 11.9 Å². The number of amides is 1. The Labute approximate surface area is 97.3 Å².